The van der Waals surface area contributed by atoms with Crippen LogP contribution in [-0.2, 0) is 7.05 Å². The summed E-state index contributed by atoms with van der Waals surface area (Å²) < 4.78 is 29.3. The van der Waals surface area contributed by atoms with E-state index in [1.54, 1.807) is 29.9 Å². The number of hydrogen-bond donors (Lipinski definition) is 1. The number of nitrogens with one attached hydrogen (secondary N) is 1. The van der Waals surface area contributed by atoms with Crippen molar-refractivity contribution in [2.45, 2.75) is 6.43 Å². The first kappa shape index (κ1) is 16.3. The summed E-state index contributed by atoms with van der Waals surface area (Å²) in [5, 5.41) is 8.90. The topological polar surface area (TPSA) is 51.9 Å². The maximum Gasteiger partial charge on any atom is 0.263 e. The molecule has 0 aliphatic rings. The number of aryl methyl sites for hydroxylation is 1. The van der Waals surface area contributed by atoms with E-state index in [4.69, 9.17) is 0 Å². The average molecular weight is 354 g/mol. The summed E-state index contributed by atoms with van der Waals surface area (Å²) in [7, 11) is 3.40. The molecule has 0 saturated carbocycles. The number of carbonyl (C=O) groups excluding carboxylic acids is 1. The molecule has 0 bridgehead atoms. The lowest BCUT2D eigenvalue weighted by Crippen LogP contribution is -2.17. The number of alkyl halides is 2. The van der Waals surface area contributed by atoms with Crippen molar-refractivity contribution in [1.82, 2.24) is 19.7 Å². The van der Waals surface area contributed by atoms with Crippen LogP contribution in [0.3, 0.4) is 0 Å². The fourth-order valence-electron chi connectivity index (χ4n) is 3.21. The van der Waals surface area contributed by atoms with Gasteiger partial charge in [-0.2, -0.15) is 5.10 Å². The third kappa shape index (κ3) is 2.44. The van der Waals surface area contributed by atoms with Gasteiger partial charge in [0.1, 0.15) is 0 Å². The van der Waals surface area contributed by atoms with Gasteiger partial charge in [-0.3, -0.25) is 14.0 Å². The Morgan fingerprint density at radius 2 is 1.85 bits per heavy atom. The minimum Gasteiger partial charge on any atom is -0.355 e. The van der Waals surface area contributed by atoms with Crippen molar-refractivity contribution in [2.75, 3.05) is 7.05 Å². The molecule has 5 nitrogen and oxygen atoms in total. The normalized spacial score (nSPS) is 11.6. The van der Waals surface area contributed by atoms with E-state index in [9.17, 15) is 13.6 Å². The van der Waals surface area contributed by atoms with Crippen LogP contribution in [0.4, 0.5) is 8.78 Å². The second-order valence-corrected chi connectivity index (χ2v) is 6.08. The molecule has 7 heteroatoms. The number of carbonyl (C=O) groups is 1. The van der Waals surface area contributed by atoms with E-state index < -0.39 is 6.43 Å². The van der Waals surface area contributed by atoms with E-state index in [0.29, 0.717) is 11.2 Å². The molecule has 0 unspecified atom stereocenters. The Morgan fingerprint density at radius 3 is 2.50 bits per heavy atom. The van der Waals surface area contributed by atoms with Crippen LogP contribution >= 0.6 is 0 Å². The minimum absolute atomic E-state index is 0.0237. The van der Waals surface area contributed by atoms with Crippen molar-refractivity contribution in [1.29, 1.82) is 0 Å². The van der Waals surface area contributed by atoms with E-state index in [0.717, 1.165) is 22.0 Å². The van der Waals surface area contributed by atoms with Gasteiger partial charge in [0.2, 0.25) is 0 Å². The Kier molecular flexibility index (Phi) is 3.72. The summed E-state index contributed by atoms with van der Waals surface area (Å²) in [5.41, 5.74) is 2.84. The quantitative estimate of drug-likeness (QED) is 0.608. The van der Waals surface area contributed by atoms with Gasteiger partial charge < -0.3 is 5.32 Å². The van der Waals surface area contributed by atoms with E-state index >= 15 is 0 Å². The summed E-state index contributed by atoms with van der Waals surface area (Å²) in [5.74, 6) is -0.169. The van der Waals surface area contributed by atoms with E-state index in [-0.39, 0.29) is 11.5 Å². The number of amides is 1. The Bertz CT molecular complexity index is 1130. The molecule has 0 fully saturated rings. The van der Waals surface area contributed by atoms with Crippen LogP contribution < -0.4 is 5.32 Å². The number of nitrogens with zero attached hydrogens (tertiary/aromatic N) is 3. The van der Waals surface area contributed by atoms with Gasteiger partial charge in [0, 0.05) is 47.9 Å². The number of hydrogen-bond acceptors (Lipinski definition) is 2. The summed E-state index contributed by atoms with van der Waals surface area (Å²) in [6, 6.07) is 11.6. The molecule has 0 aliphatic heterocycles. The molecule has 1 N–H and O–H groups in total. The predicted octanol–water partition coefficient (Wildman–Crippen LogP) is 3.81. The first-order chi connectivity index (χ1) is 12.5. The Labute approximate surface area is 147 Å². The molecule has 2 aromatic carbocycles. The summed E-state index contributed by atoms with van der Waals surface area (Å²) in [6.07, 6.45) is -0.620. The third-order valence-electron chi connectivity index (χ3n) is 4.44. The van der Waals surface area contributed by atoms with Crippen LogP contribution in [0.1, 0.15) is 22.3 Å². The van der Waals surface area contributed by atoms with Gasteiger partial charge in [0.05, 0.1) is 5.52 Å². The highest BCUT2D eigenvalue weighted by atomic mass is 19.3. The second-order valence-electron chi connectivity index (χ2n) is 6.08. The zero-order chi connectivity index (χ0) is 18.4. The van der Waals surface area contributed by atoms with E-state index in [1.807, 2.05) is 29.9 Å². The largest absolute Gasteiger partial charge is 0.355 e. The zero-order valence-electron chi connectivity index (χ0n) is 14.2. The highest BCUT2D eigenvalue weighted by Gasteiger charge is 2.17. The van der Waals surface area contributed by atoms with Crippen molar-refractivity contribution in [3.05, 3.63) is 59.8 Å². The average Bonchev–Trinajstić information content (AvgIpc) is 3.15. The van der Waals surface area contributed by atoms with Crippen LogP contribution in [0.25, 0.3) is 27.6 Å². The van der Waals surface area contributed by atoms with Crippen molar-refractivity contribution in [3.8, 4) is 5.69 Å². The summed E-state index contributed by atoms with van der Waals surface area (Å²) in [4.78, 5) is 12.0. The molecule has 0 saturated heterocycles. The maximum atomic E-state index is 12.8. The van der Waals surface area contributed by atoms with Gasteiger partial charge in [-0.15, -0.1) is 0 Å². The van der Waals surface area contributed by atoms with Gasteiger partial charge in [-0.05, 0) is 30.3 Å². The van der Waals surface area contributed by atoms with Gasteiger partial charge in [0.15, 0.2) is 5.65 Å². The minimum atomic E-state index is -2.50. The number of rotatable bonds is 3. The Morgan fingerprint density at radius 1 is 1.12 bits per heavy atom. The summed E-state index contributed by atoms with van der Waals surface area (Å²) >= 11 is 0. The second kappa shape index (κ2) is 5.94. The molecule has 2 aromatic heterocycles. The molecule has 1 amide bonds. The molecular formula is C19H16F2N4O. The summed E-state index contributed by atoms with van der Waals surface area (Å²) in [6.45, 7) is 0. The number of benzene rings is 2. The third-order valence-corrected chi connectivity index (χ3v) is 4.44. The molecule has 0 radical (unpaired) electrons. The Balaban J connectivity index is 1.99. The van der Waals surface area contributed by atoms with Crippen LogP contribution in [0.15, 0.2) is 48.7 Å². The highest BCUT2D eigenvalue weighted by Crippen LogP contribution is 2.32. The molecule has 0 atom stereocenters. The van der Waals surface area contributed by atoms with Gasteiger partial charge >= 0.3 is 0 Å². The predicted molar refractivity (Wildman–Crippen MR) is 95.9 cm³/mol. The lowest BCUT2D eigenvalue weighted by atomic mass is 10.1. The molecule has 2 heterocycles. The Hall–Kier alpha value is -3.22. The van der Waals surface area contributed by atoms with Crippen molar-refractivity contribution in [3.63, 3.8) is 0 Å². The van der Waals surface area contributed by atoms with Crippen LogP contribution in [0.5, 0.6) is 0 Å². The number of fused-ring (bicyclic) bond motifs is 3. The fourth-order valence-corrected chi connectivity index (χ4v) is 3.21. The van der Waals surface area contributed by atoms with Gasteiger partial charge in [-0.1, -0.05) is 12.1 Å². The van der Waals surface area contributed by atoms with Crippen molar-refractivity contribution < 1.29 is 13.6 Å². The molecule has 0 aliphatic carbocycles. The molecule has 0 spiro atoms. The van der Waals surface area contributed by atoms with Crippen LogP contribution in [0, 0.1) is 0 Å². The van der Waals surface area contributed by atoms with Crippen LogP contribution in [0.2, 0.25) is 0 Å². The molecule has 132 valence electrons. The zero-order valence-corrected chi connectivity index (χ0v) is 14.2. The van der Waals surface area contributed by atoms with Gasteiger partial charge in [-0.25, -0.2) is 8.78 Å². The number of halogens is 2. The SMILES string of the molecule is CNC(=O)c1ccc2c(c1)c1cn(C)nc1n2-c1ccc(C(F)F)cc1. The first-order valence-corrected chi connectivity index (χ1v) is 8.08. The van der Waals surface area contributed by atoms with Crippen molar-refractivity contribution in [2.24, 2.45) is 7.05 Å². The standard InChI is InChI=1S/C19H16F2N4O/c1-22-19(26)12-5-8-16-14(9-12)15-10-24(2)23-18(15)25(16)13-6-3-11(4-7-13)17(20)21/h3-10,17H,1-2H3,(H,22,26). The lowest BCUT2D eigenvalue weighted by Gasteiger charge is -2.08. The molecule has 26 heavy (non-hydrogen) atoms. The van der Waals surface area contributed by atoms with Gasteiger partial charge in [0.25, 0.3) is 12.3 Å². The van der Waals surface area contributed by atoms with Crippen LogP contribution in [-0.4, -0.2) is 27.3 Å². The highest BCUT2D eigenvalue weighted by molar-refractivity contribution is 6.10. The van der Waals surface area contributed by atoms with E-state index in [1.165, 1.54) is 12.1 Å². The monoisotopic (exact) mass is 354 g/mol. The lowest BCUT2D eigenvalue weighted by molar-refractivity contribution is 0.0963. The molecule has 4 aromatic rings. The smallest absolute Gasteiger partial charge is 0.263 e. The van der Waals surface area contributed by atoms with E-state index in [2.05, 4.69) is 10.4 Å². The first-order valence-electron chi connectivity index (χ1n) is 8.08. The fraction of sp³-hybridized carbons (Fsp3) is 0.158. The molecular weight excluding hydrogens is 338 g/mol. The van der Waals surface area contributed by atoms with Crippen molar-refractivity contribution >= 4 is 27.8 Å². The number of aromatic nitrogens is 3. The molecule has 4 rings (SSSR count). The maximum absolute atomic E-state index is 12.8.